The molecule has 1 N–H and O–H groups in total. The van der Waals surface area contributed by atoms with Gasteiger partial charge in [0.05, 0.1) is 6.10 Å². The van der Waals surface area contributed by atoms with Crippen molar-refractivity contribution < 1.29 is 5.11 Å². The number of likely N-dealkylation sites (tertiary alicyclic amines) is 1. The van der Waals surface area contributed by atoms with Crippen LogP contribution in [-0.2, 0) is 6.54 Å². The van der Waals surface area contributed by atoms with Crippen LogP contribution in [0.1, 0.15) is 43.9 Å². The van der Waals surface area contributed by atoms with Gasteiger partial charge in [0.1, 0.15) is 0 Å². The normalized spacial score (nSPS) is 20.4. The second kappa shape index (κ2) is 5.66. The highest BCUT2D eigenvalue weighted by atomic mass is 35.5. The van der Waals surface area contributed by atoms with Gasteiger partial charge >= 0.3 is 0 Å². The molecule has 0 unspecified atom stereocenters. The molecule has 1 aliphatic rings. The number of nitrogens with zero attached hydrogens (tertiary/aromatic N) is 1. The van der Waals surface area contributed by atoms with Crippen molar-refractivity contribution in [1.29, 1.82) is 0 Å². The number of aliphatic hydroxyl groups excluding tert-OH is 1. The van der Waals surface area contributed by atoms with Crippen LogP contribution in [0, 0.1) is 0 Å². The molecule has 1 aromatic rings. The summed E-state index contributed by atoms with van der Waals surface area (Å²) in [5.74, 6) is 0. The van der Waals surface area contributed by atoms with Gasteiger partial charge in [-0.1, -0.05) is 23.7 Å². The van der Waals surface area contributed by atoms with E-state index in [-0.39, 0.29) is 5.54 Å². The first-order chi connectivity index (χ1) is 8.94. The van der Waals surface area contributed by atoms with Crippen molar-refractivity contribution in [1.82, 2.24) is 4.90 Å². The minimum Gasteiger partial charge on any atom is -0.384 e. The van der Waals surface area contributed by atoms with E-state index in [1.165, 1.54) is 12.8 Å². The maximum Gasteiger partial charge on any atom is 0.0972 e. The molecule has 1 aromatic carbocycles. The third-order valence-corrected chi connectivity index (χ3v) is 4.32. The second-order valence-corrected chi connectivity index (χ2v) is 6.30. The fourth-order valence-electron chi connectivity index (χ4n) is 2.79. The summed E-state index contributed by atoms with van der Waals surface area (Å²) in [6.07, 6.45) is 3.37. The molecule has 1 fully saturated rings. The summed E-state index contributed by atoms with van der Waals surface area (Å²) >= 11 is 6.10. The zero-order chi connectivity index (χ0) is 14.0. The maximum atomic E-state index is 10.0. The van der Waals surface area contributed by atoms with Crippen LogP contribution in [0.3, 0.4) is 0 Å². The Morgan fingerprint density at radius 1 is 1.53 bits per heavy atom. The van der Waals surface area contributed by atoms with E-state index in [4.69, 9.17) is 11.6 Å². The predicted molar refractivity (Wildman–Crippen MR) is 80.3 cm³/mol. The monoisotopic (exact) mass is 279 g/mol. The van der Waals surface area contributed by atoms with E-state index in [1.807, 2.05) is 18.2 Å². The van der Waals surface area contributed by atoms with E-state index in [2.05, 4.69) is 25.3 Å². The van der Waals surface area contributed by atoms with Gasteiger partial charge in [-0.25, -0.2) is 0 Å². The molecule has 104 valence electrons. The average molecular weight is 280 g/mol. The molecule has 2 rings (SSSR count). The smallest absolute Gasteiger partial charge is 0.0972 e. The molecule has 0 amide bonds. The van der Waals surface area contributed by atoms with Crippen LogP contribution in [0.5, 0.6) is 0 Å². The highest BCUT2D eigenvalue weighted by molar-refractivity contribution is 6.30. The molecular weight excluding hydrogens is 258 g/mol. The highest BCUT2D eigenvalue weighted by Crippen LogP contribution is 2.32. The molecule has 3 heteroatoms. The van der Waals surface area contributed by atoms with Gasteiger partial charge in [-0.3, -0.25) is 4.90 Å². The van der Waals surface area contributed by atoms with Crippen molar-refractivity contribution in [2.75, 3.05) is 6.54 Å². The molecular formula is C16H22ClNO. The van der Waals surface area contributed by atoms with E-state index in [9.17, 15) is 5.11 Å². The Morgan fingerprint density at radius 3 is 2.84 bits per heavy atom. The van der Waals surface area contributed by atoms with Crippen LogP contribution in [0.15, 0.2) is 30.9 Å². The van der Waals surface area contributed by atoms with E-state index in [1.54, 1.807) is 6.08 Å². The lowest BCUT2D eigenvalue weighted by Crippen LogP contribution is -2.37. The minimum absolute atomic E-state index is 0.221. The minimum atomic E-state index is -0.627. The van der Waals surface area contributed by atoms with E-state index >= 15 is 0 Å². The second-order valence-electron chi connectivity index (χ2n) is 5.86. The van der Waals surface area contributed by atoms with Crippen LogP contribution in [0.2, 0.25) is 5.02 Å². The first kappa shape index (κ1) is 14.6. The molecule has 0 spiro atoms. The van der Waals surface area contributed by atoms with Gasteiger partial charge < -0.3 is 5.11 Å². The Labute approximate surface area is 120 Å². The third kappa shape index (κ3) is 3.19. The predicted octanol–water partition coefficient (Wildman–Crippen LogP) is 3.93. The van der Waals surface area contributed by atoms with Gasteiger partial charge in [0, 0.05) is 17.1 Å². The zero-order valence-electron chi connectivity index (χ0n) is 11.7. The molecule has 1 saturated heterocycles. The summed E-state index contributed by atoms with van der Waals surface area (Å²) in [6, 6.07) is 5.67. The van der Waals surface area contributed by atoms with Gasteiger partial charge in [-0.2, -0.15) is 0 Å². The first-order valence-corrected chi connectivity index (χ1v) is 7.16. The highest BCUT2D eigenvalue weighted by Gasteiger charge is 2.32. The van der Waals surface area contributed by atoms with E-state index in [0.29, 0.717) is 5.02 Å². The number of hydrogen-bond acceptors (Lipinski definition) is 2. The van der Waals surface area contributed by atoms with Crippen molar-refractivity contribution in [2.45, 2.75) is 44.9 Å². The molecule has 1 aliphatic heterocycles. The van der Waals surface area contributed by atoms with Gasteiger partial charge in [0.15, 0.2) is 0 Å². The van der Waals surface area contributed by atoms with Crippen LogP contribution >= 0.6 is 11.6 Å². The largest absolute Gasteiger partial charge is 0.384 e. The molecule has 0 saturated carbocycles. The SMILES string of the molecule is C=C[C@H](O)c1ccc(Cl)cc1CN1CCCC1(C)C. The summed E-state index contributed by atoms with van der Waals surface area (Å²) in [5.41, 5.74) is 2.22. The summed E-state index contributed by atoms with van der Waals surface area (Å²) in [7, 11) is 0. The average Bonchev–Trinajstić information content (AvgIpc) is 2.68. The zero-order valence-corrected chi connectivity index (χ0v) is 12.5. The van der Waals surface area contributed by atoms with Crippen molar-refractivity contribution in [3.63, 3.8) is 0 Å². The van der Waals surface area contributed by atoms with Crippen LogP contribution < -0.4 is 0 Å². The van der Waals surface area contributed by atoms with Crippen molar-refractivity contribution >= 4 is 11.6 Å². The van der Waals surface area contributed by atoms with Gasteiger partial charge in [0.25, 0.3) is 0 Å². The molecule has 2 nitrogen and oxygen atoms in total. The van der Waals surface area contributed by atoms with Gasteiger partial charge in [-0.05, 0) is 56.5 Å². The standard InChI is InChI=1S/C16H22ClNO/c1-4-15(19)14-7-6-13(17)10-12(14)11-18-9-5-8-16(18,2)3/h4,6-7,10,15,19H,1,5,8-9,11H2,2-3H3/t15-/m0/s1. The summed E-state index contributed by atoms with van der Waals surface area (Å²) in [6.45, 7) is 10.1. The molecule has 0 radical (unpaired) electrons. The maximum absolute atomic E-state index is 10.0. The third-order valence-electron chi connectivity index (χ3n) is 4.08. The topological polar surface area (TPSA) is 23.5 Å². The van der Waals surface area contributed by atoms with Crippen molar-refractivity contribution in [2.24, 2.45) is 0 Å². The summed E-state index contributed by atoms with van der Waals surface area (Å²) < 4.78 is 0. The fourth-order valence-corrected chi connectivity index (χ4v) is 2.98. The van der Waals surface area contributed by atoms with Crippen LogP contribution in [-0.4, -0.2) is 22.1 Å². The molecule has 1 heterocycles. The molecule has 0 aliphatic carbocycles. The molecule has 1 atom stereocenters. The number of halogens is 1. The Balaban J connectivity index is 2.28. The first-order valence-electron chi connectivity index (χ1n) is 6.78. The lowest BCUT2D eigenvalue weighted by Gasteiger charge is -2.32. The number of rotatable bonds is 4. The van der Waals surface area contributed by atoms with E-state index in [0.717, 1.165) is 24.2 Å². The lowest BCUT2D eigenvalue weighted by molar-refractivity contribution is 0.163. The number of hydrogen-bond donors (Lipinski definition) is 1. The Kier molecular flexibility index (Phi) is 4.34. The van der Waals surface area contributed by atoms with Gasteiger partial charge in [0.2, 0.25) is 0 Å². The Morgan fingerprint density at radius 2 is 2.26 bits per heavy atom. The van der Waals surface area contributed by atoms with Crippen molar-refractivity contribution in [3.8, 4) is 0 Å². The molecule has 19 heavy (non-hydrogen) atoms. The molecule has 0 bridgehead atoms. The van der Waals surface area contributed by atoms with Crippen LogP contribution in [0.25, 0.3) is 0 Å². The van der Waals surface area contributed by atoms with Crippen molar-refractivity contribution in [3.05, 3.63) is 47.0 Å². The number of aliphatic hydroxyl groups is 1. The van der Waals surface area contributed by atoms with Crippen LogP contribution in [0.4, 0.5) is 0 Å². The van der Waals surface area contributed by atoms with Gasteiger partial charge in [-0.15, -0.1) is 6.58 Å². The fraction of sp³-hybridized carbons (Fsp3) is 0.500. The van der Waals surface area contributed by atoms with E-state index < -0.39 is 6.10 Å². The lowest BCUT2D eigenvalue weighted by atomic mass is 9.98. The quantitative estimate of drug-likeness (QED) is 0.844. The molecule has 0 aromatic heterocycles. The Bertz CT molecular complexity index is 470. The Hall–Kier alpha value is -0.830. The summed E-state index contributed by atoms with van der Waals surface area (Å²) in [4.78, 5) is 2.46. The summed E-state index contributed by atoms with van der Waals surface area (Å²) in [5, 5.41) is 10.7. The number of benzene rings is 1.